The summed E-state index contributed by atoms with van der Waals surface area (Å²) in [5.41, 5.74) is 0.601. The van der Waals surface area contributed by atoms with Crippen LogP contribution >= 0.6 is 0 Å². The van der Waals surface area contributed by atoms with Gasteiger partial charge in [0.25, 0.3) is 0 Å². The van der Waals surface area contributed by atoms with Crippen LogP contribution in [-0.4, -0.2) is 12.6 Å². The Labute approximate surface area is 101 Å². The predicted octanol–water partition coefficient (Wildman–Crippen LogP) is 2.79. The van der Waals surface area contributed by atoms with E-state index >= 15 is 0 Å². The predicted molar refractivity (Wildman–Crippen MR) is 64.2 cm³/mol. The number of hydrogen-bond donors (Lipinski definition) is 1. The van der Waals surface area contributed by atoms with Crippen LogP contribution in [0, 0.1) is 17.1 Å². The van der Waals surface area contributed by atoms with Crippen LogP contribution in [0.25, 0.3) is 0 Å². The zero-order valence-electron chi connectivity index (χ0n) is 10.3. The zero-order chi connectivity index (χ0) is 12.8. The van der Waals surface area contributed by atoms with E-state index in [0.717, 1.165) is 6.54 Å². The standard InChI is InChI=1S/C13H17FN2O/c1-4-16-10(3)12-6-5-11(7-13(12)14)17-9(2)8-15/h5-7,9-10,16H,4H2,1-3H3. The van der Waals surface area contributed by atoms with Crippen LogP contribution in [0.2, 0.25) is 0 Å². The first-order chi connectivity index (χ1) is 8.08. The second-order valence-electron chi connectivity index (χ2n) is 3.85. The molecule has 0 aliphatic carbocycles. The molecule has 92 valence electrons. The largest absolute Gasteiger partial charge is 0.476 e. The van der Waals surface area contributed by atoms with Gasteiger partial charge in [-0.05, 0) is 26.5 Å². The van der Waals surface area contributed by atoms with Gasteiger partial charge in [-0.1, -0.05) is 13.0 Å². The van der Waals surface area contributed by atoms with Crippen molar-refractivity contribution in [2.45, 2.75) is 32.9 Å². The highest BCUT2D eigenvalue weighted by molar-refractivity contribution is 5.31. The summed E-state index contributed by atoms with van der Waals surface area (Å²) in [6.45, 7) is 6.28. The quantitative estimate of drug-likeness (QED) is 0.855. The summed E-state index contributed by atoms with van der Waals surface area (Å²) in [4.78, 5) is 0. The number of hydrogen-bond acceptors (Lipinski definition) is 3. The van der Waals surface area contributed by atoms with Gasteiger partial charge in [0.15, 0.2) is 6.10 Å². The topological polar surface area (TPSA) is 45.0 Å². The van der Waals surface area contributed by atoms with Gasteiger partial charge in [0.2, 0.25) is 0 Å². The number of nitrogens with one attached hydrogen (secondary N) is 1. The van der Waals surface area contributed by atoms with Crippen molar-refractivity contribution in [1.29, 1.82) is 5.26 Å². The first-order valence-corrected chi connectivity index (χ1v) is 5.67. The molecule has 0 aliphatic heterocycles. The second-order valence-corrected chi connectivity index (χ2v) is 3.85. The molecule has 2 atom stereocenters. The highest BCUT2D eigenvalue weighted by Gasteiger charge is 2.11. The van der Waals surface area contributed by atoms with Crippen LogP contribution in [0.4, 0.5) is 4.39 Å². The van der Waals surface area contributed by atoms with Crippen LogP contribution in [0.15, 0.2) is 18.2 Å². The molecule has 4 heteroatoms. The van der Waals surface area contributed by atoms with Gasteiger partial charge in [-0.25, -0.2) is 4.39 Å². The summed E-state index contributed by atoms with van der Waals surface area (Å²) in [5.74, 6) is 0.0603. The summed E-state index contributed by atoms with van der Waals surface area (Å²) in [6, 6.07) is 6.57. The number of halogens is 1. The van der Waals surface area contributed by atoms with Crippen LogP contribution in [-0.2, 0) is 0 Å². The summed E-state index contributed by atoms with van der Waals surface area (Å²) < 4.78 is 19.0. The highest BCUT2D eigenvalue weighted by Crippen LogP contribution is 2.22. The Morgan fingerprint density at radius 3 is 2.71 bits per heavy atom. The summed E-state index contributed by atoms with van der Waals surface area (Å²) >= 11 is 0. The van der Waals surface area contributed by atoms with E-state index in [1.165, 1.54) is 6.07 Å². The Balaban J connectivity index is 2.83. The van der Waals surface area contributed by atoms with Crippen molar-refractivity contribution < 1.29 is 9.13 Å². The van der Waals surface area contributed by atoms with E-state index in [4.69, 9.17) is 10.00 Å². The van der Waals surface area contributed by atoms with Crippen molar-refractivity contribution in [3.63, 3.8) is 0 Å². The zero-order valence-corrected chi connectivity index (χ0v) is 10.3. The van der Waals surface area contributed by atoms with E-state index in [0.29, 0.717) is 11.3 Å². The molecule has 1 rings (SSSR count). The highest BCUT2D eigenvalue weighted by atomic mass is 19.1. The molecule has 0 radical (unpaired) electrons. The molecule has 0 aliphatic rings. The molecule has 0 saturated carbocycles. The van der Waals surface area contributed by atoms with Gasteiger partial charge < -0.3 is 10.1 Å². The molecule has 0 amide bonds. The molecule has 0 fully saturated rings. The van der Waals surface area contributed by atoms with Gasteiger partial charge >= 0.3 is 0 Å². The molecule has 1 aromatic carbocycles. The molecule has 0 aromatic heterocycles. The lowest BCUT2D eigenvalue weighted by molar-refractivity contribution is 0.275. The maximum Gasteiger partial charge on any atom is 0.181 e. The van der Waals surface area contributed by atoms with E-state index in [1.807, 2.05) is 19.9 Å². The van der Waals surface area contributed by atoms with Gasteiger partial charge in [-0.3, -0.25) is 0 Å². The summed E-state index contributed by atoms with van der Waals surface area (Å²) in [7, 11) is 0. The van der Waals surface area contributed by atoms with Crippen molar-refractivity contribution in [2.24, 2.45) is 0 Å². The smallest absolute Gasteiger partial charge is 0.181 e. The van der Waals surface area contributed by atoms with Crippen molar-refractivity contribution in [2.75, 3.05) is 6.54 Å². The fraction of sp³-hybridized carbons (Fsp3) is 0.462. The normalized spacial score (nSPS) is 13.8. The number of nitriles is 1. The Bertz CT molecular complexity index is 414. The molecule has 0 spiro atoms. The fourth-order valence-electron chi connectivity index (χ4n) is 1.58. The third-order valence-corrected chi connectivity index (χ3v) is 2.44. The molecule has 0 bridgehead atoms. The van der Waals surface area contributed by atoms with E-state index < -0.39 is 6.10 Å². The fourth-order valence-corrected chi connectivity index (χ4v) is 1.58. The molecular weight excluding hydrogens is 219 g/mol. The van der Waals surface area contributed by atoms with Crippen molar-refractivity contribution in [3.05, 3.63) is 29.6 Å². The van der Waals surface area contributed by atoms with Crippen LogP contribution in [0.5, 0.6) is 5.75 Å². The Morgan fingerprint density at radius 1 is 1.47 bits per heavy atom. The van der Waals surface area contributed by atoms with Gasteiger partial charge in [-0.15, -0.1) is 0 Å². The van der Waals surface area contributed by atoms with Crippen LogP contribution in [0.1, 0.15) is 32.4 Å². The van der Waals surface area contributed by atoms with Gasteiger partial charge in [0, 0.05) is 17.7 Å². The van der Waals surface area contributed by atoms with E-state index in [-0.39, 0.29) is 11.9 Å². The lowest BCUT2D eigenvalue weighted by atomic mass is 10.1. The van der Waals surface area contributed by atoms with E-state index in [2.05, 4.69) is 5.32 Å². The molecule has 1 aromatic rings. The monoisotopic (exact) mass is 236 g/mol. The first-order valence-electron chi connectivity index (χ1n) is 5.67. The van der Waals surface area contributed by atoms with Crippen LogP contribution < -0.4 is 10.1 Å². The minimum atomic E-state index is -0.577. The second kappa shape index (κ2) is 6.21. The SMILES string of the molecule is CCNC(C)c1ccc(OC(C)C#N)cc1F. The molecule has 3 nitrogen and oxygen atoms in total. The molecule has 1 N–H and O–H groups in total. The van der Waals surface area contributed by atoms with Crippen molar-refractivity contribution >= 4 is 0 Å². The summed E-state index contributed by atoms with van der Waals surface area (Å²) in [5, 5.41) is 11.7. The lowest BCUT2D eigenvalue weighted by Gasteiger charge is -2.15. The van der Waals surface area contributed by atoms with Crippen molar-refractivity contribution in [3.8, 4) is 11.8 Å². The maximum absolute atomic E-state index is 13.8. The molecule has 2 unspecified atom stereocenters. The number of nitrogens with zero attached hydrogens (tertiary/aromatic N) is 1. The minimum Gasteiger partial charge on any atom is -0.476 e. The van der Waals surface area contributed by atoms with E-state index in [9.17, 15) is 4.39 Å². The van der Waals surface area contributed by atoms with Crippen LogP contribution in [0.3, 0.4) is 0 Å². The van der Waals surface area contributed by atoms with Crippen molar-refractivity contribution in [1.82, 2.24) is 5.32 Å². The third kappa shape index (κ3) is 3.72. The average Bonchev–Trinajstić information content (AvgIpc) is 2.29. The van der Waals surface area contributed by atoms with Gasteiger partial charge in [0.1, 0.15) is 17.6 Å². The molecular formula is C13H17FN2O. The average molecular weight is 236 g/mol. The Hall–Kier alpha value is -1.60. The molecule has 17 heavy (non-hydrogen) atoms. The molecule has 0 heterocycles. The maximum atomic E-state index is 13.8. The number of ether oxygens (including phenoxy) is 1. The van der Waals surface area contributed by atoms with E-state index in [1.54, 1.807) is 19.1 Å². The minimum absolute atomic E-state index is 0.0394. The molecule has 0 saturated heterocycles. The number of rotatable bonds is 5. The van der Waals surface area contributed by atoms with Gasteiger partial charge in [-0.2, -0.15) is 5.26 Å². The summed E-state index contributed by atoms with van der Waals surface area (Å²) in [6.07, 6.45) is -0.577. The van der Waals surface area contributed by atoms with Gasteiger partial charge in [0.05, 0.1) is 0 Å². The lowest BCUT2D eigenvalue weighted by Crippen LogP contribution is -2.19. The Kier molecular flexibility index (Phi) is 4.92. The third-order valence-electron chi connectivity index (χ3n) is 2.44. The number of benzene rings is 1. The first kappa shape index (κ1) is 13.5. The Morgan fingerprint density at radius 2 is 2.18 bits per heavy atom.